The average molecular weight is 366 g/mol. The second-order valence-electron chi connectivity index (χ2n) is 4.91. The summed E-state index contributed by atoms with van der Waals surface area (Å²) in [5, 5.41) is 0. The Balaban J connectivity index is 5.78. The third kappa shape index (κ3) is 7.39. The first-order valence-corrected chi connectivity index (χ1v) is 9.53. The average Bonchev–Trinajstić information content (AvgIpc) is 2.58. The highest BCUT2D eigenvalue weighted by Crippen LogP contribution is 2.26. The Labute approximate surface area is 145 Å². The molecule has 4 unspecified atom stereocenters. The largest absolute Gasteiger partial charge is 0.549 e. The van der Waals surface area contributed by atoms with Crippen LogP contribution in [0, 0.1) is 0 Å². The van der Waals surface area contributed by atoms with Crippen LogP contribution in [0.3, 0.4) is 0 Å². The highest BCUT2D eigenvalue weighted by molar-refractivity contribution is 6.62. The van der Waals surface area contributed by atoms with E-state index in [0.29, 0.717) is 6.42 Å². The zero-order chi connectivity index (χ0) is 18.8. The lowest BCUT2D eigenvalue weighted by Gasteiger charge is -2.38. The molecule has 0 amide bonds. The number of ether oxygens (including phenoxy) is 4. The number of rotatable bonds is 13. The third-order valence-electron chi connectivity index (χ3n) is 3.18. The molecule has 0 saturated carbocycles. The van der Waals surface area contributed by atoms with E-state index in [-0.39, 0.29) is 0 Å². The summed E-state index contributed by atoms with van der Waals surface area (Å²) in [7, 11) is 0.836. The van der Waals surface area contributed by atoms with E-state index in [9.17, 15) is 4.79 Å². The van der Waals surface area contributed by atoms with Gasteiger partial charge in [0.2, 0.25) is 0 Å². The number of carbonyl (C=O) groups excluding carboxylic acids is 1. The van der Waals surface area contributed by atoms with E-state index in [0.717, 1.165) is 6.08 Å². The van der Waals surface area contributed by atoms with Crippen molar-refractivity contribution < 1.29 is 37.0 Å². The van der Waals surface area contributed by atoms with Crippen LogP contribution in [0.4, 0.5) is 0 Å². The number of hydrogen-bond acceptors (Lipinski definition) is 8. The second kappa shape index (κ2) is 11.7. The lowest BCUT2D eigenvalue weighted by molar-refractivity contribution is -0.182. The summed E-state index contributed by atoms with van der Waals surface area (Å²) in [6.45, 7) is 10.3. The summed E-state index contributed by atoms with van der Waals surface area (Å²) >= 11 is 0. The van der Waals surface area contributed by atoms with Gasteiger partial charge in [-0.1, -0.05) is 13.5 Å². The van der Waals surface area contributed by atoms with Crippen molar-refractivity contribution in [3.8, 4) is 0 Å². The molecule has 4 atom stereocenters. The zero-order valence-corrected chi connectivity index (χ0v) is 16.6. The SMILES string of the molecule is C=CC(=O)OC(CC)[Si](OC(C)OC)(OC(C)OC)OC(C)OC. The van der Waals surface area contributed by atoms with Crippen LogP contribution in [0.2, 0.25) is 0 Å². The lowest BCUT2D eigenvalue weighted by atomic mass is 10.5. The Hall–Kier alpha value is -0.813. The van der Waals surface area contributed by atoms with Crippen LogP contribution in [-0.2, 0) is 37.0 Å². The van der Waals surface area contributed by atoms with Crippen molar-refractivity contribution in [3.63, 3.8) is 0 Å². The van der Waals surface area contributed by atoms with Crippen molar-refractivity contribution in [2.45, 2.75) is 58.7 Å². The van der Waals surface area contributed by atoms with Crippen LogP contribution >= 0.6 is 0 Å². The van der Waals surface area contributed by atoms with Gasteiger partial charge >= 0.3 is 14.8 Å². The highest BCUT2D eigenvalue weighted by Gasteiger charge is 2.55. The van der Waals surface area contributed by atoms with Gasteiger partial charge in [-0.25, -0.2) is 4.79 Å². The summed E-state index contributed by atoms with van der Waals surface area (Å²) in [4.78, 5) is 11.7. The van der Waals surface area contributed by atoms with Crippen LogP contribution in [0.1, 0.15) is 34.1 Å². The van der Waals surface area contributed by atoms with E-state index in [1.807, 2.05) is 6.92 Å². The zero-order valence-electron chi connectivity index (χ0n) is 15.6. The third-order valence-corrected chi connectivity index (χ3v) is 6.47. The van der Waals surface area contributed by atoms with E-state index in [1.165, 1.54) is 21.3 Å². The molecular formula is C15H30O8Si. The summed E-state index contributed by atoms with van der Waals surface area (Å²) in [6, 6.07) is 0. The maximum Gasteiger partial charge on any atom is 0.549 e. The molecule has 0 aromatic carbocycles. The maximum absolute atomic E-state index is 11.7. The second-order valence-corrected chi connectivity index (χ2v) is 7.46. The molecule has 0 aliphatic heterocycles. The number of esters is 1. The summed E-state index contributed by atoms with van der Waals surface area (Å²) < 4.78 is 38.7. The van der Waals surface area contributed by atoms with Gasteiger partial charge in [0.1, 0.15) is 18.9 Å². The molecule has 24 heavy (non-hydrogen) atoms. The van der Waals surface area contributed by atoms with Gasteiger partial charge in [-0.05, 0) is 27.2 Å². The molecule has 0 heterocycles. The number of carbonyl (C=O) groups is 1. The molecule has 0 N–H and O–H groups in total. The van der Waals surface area contributed by atoms with Gasteiger partial charge in [0.15, 0.2) is 5.73 Å². The molecule has 0 fully saturated rings. The molecule has 0 aliphatic carbocycles. The predicted molar refractivity (Wildman–Crippen MR) is 88.8 cm³/mol. The topological polar surface area (TPSA) is 81.7 Å². The van der Waals surface area contributed by atoms with E-state index >= 15 is 0 Å². The molecular weight excluding hydrogens is 336 g/mol. The minimum atomic E-state index is -3.62. The van der Waals surface area contributed by atoms with Crippen LogP contribution in [0.15, 0.2) is 12.7 Å². The molecule has 0 saturated heterocycles. The van der Waals surface area contributed by atoms with E-state index in [4.69, 9.17) is 32.2 Å². The molecule has 0 bridgehead atoms. The maximum atomic E-state index is 11.7. The highest BCUT2D eigenvalue weighted by atomic mass is 28.4. The Bertz CT molecular complexity index is 347. The van der Waals surface area contributed by atoms with Gasteiger partial charge in [0.25, 0.3) is 0 Å². The Morgan fingerprint density at radius 2 is 1.33 bits per heavy atom. The van der Waals surface area contributed by atoms with E-state index in [1.54, 1.807) is 20.8 Å². The predicted octanol–water partition coefficient (Wildman–Crippen LogP) is 2.00. The standard InChI is InChI=1S/C15H30O8Si/c1-9-14(16)20-15(10-2)24(21-11(3)17-6,22-12(4)18-7)23-13(5)19-8/h9,11-13,15H,1,10H2,2-8H3. The monoisotopic (exact) mass is 366 g/mol. The van der Waals surface area contributed by atoms with Gasteiger partial charge in [0, 0.05) is 27.4 Å². The first-order valence-electron chi connectivity index (χ1n) is 7.73. The Morgan fingerprint density at radius 1 is 0.958 bits per heavy atom. The molecule has 0 aliphatic rings. The van der Waals surface area contributed by atoms with Gasteiger partial charge in [-0.2, -0.15) is 0 Å². The molecule has 0 aromatic rings. The van der Waals surface area contributed by atoms with Crippen molar-refractivity contribution >= 4 is 14.8 Å². The number of hydrogen-bond donors (Lipinski definition) is 0. The van der Waals surface area contributed by atoms with Crippen LogP contribution in [0.5, 0.6) is 0 Å². The quantitative estimate of drug-likeness (QED) is 0.212. The number of methoxy groups -OCH3 is 3. The van der Waals surface area contributed by atoms with Crippen LogP contribution in [0.25, 0.3) is 0 Å². The molecule has 8 nitrogen and oxygen atoms in total. The van der Waals surface area contributed by atoms with E-state index in [2.05, 4.69) is 6.58 Å². The molecule has 9 heteroatoms. The normalized spacial score (nSPS) is 19.0. The van der Waals surface area contributed by atoms with E-state index < -0.39 is 39.4 Å². The molecule has 0 aromatic heterocycles. The Morgan fingerprint density at radius 3 is 1.58 bits per heavy atom. The smallest absolute Gasteiger partial charge is 0.455 e. The minimum absolute atomic E-state index is 0.398. The first-order chi connectivity index (χ1) is 11.3. The lowest BCUT2D eigenvalue weighted by Crippen LogP contribution is -2.62. The van der Waals surface area contributed by atoms with Crippen molar-refractivity contribution in [1.82, 2.24) is 0 Å². The van der Waals surface area contributed by atoms with Crippen molar-refractivity contribution in [3.05, 3.63) is 12.7 Å². The fourth-order valence-corrected chi connectivity index (χ4v) is 4.80. The first kappa shape index (κ1) is 23.2. The molecule has 0 rings (SSSR count). The van der Waals surface area contributed by atoms with Crippen molar-refractivity contribution in [1.29, 1.82) is 0 Å². The summed E-state index contributed by atoms with van der Waals surface area (Å²) in [6.07, 6.45) is -0.486. The summed E-state index contributed by atoms with van der Waals surface area (Å²) in [5.74, 6) is -0.602. The van der Waals surface area contributed by atoms with Crippen LogP contribution in [-0.4, -0.2) is 60.7 Å². The fourth-order valence-electron chi connectivity index (χ4n) is 1.74. The van der Waals surface area contributed by atoms with Crippen molar-refractivity contribution in [2.75, 3.05) is 21.3 Å². The van der Waals surface area contributed by atoms with Gasteiger partial charge in [0.05, 0.1) is 0 Å². The minimum Gasteiger partial charge on any atom is -0.455 e. The molecule has 0 spiro atoms. The van der Waals surface area contributed by atoms with Gasteiger partial charge < -0.3 is 32.2 Å². The Kier molecular flexibility index (Phi) is 11.3. The van der Waals surface area contributed by atoms with Gasteiger partial charge in [-0.3, -0.25) is 0 Å². The molecule has 142 valence electrons. The van der Waals surface area contributed by atoms with Crippen LogP contribution < -0.4 is 0 Å². The molecule has 0 radical (unpaired) electrons. The van der Waals surface area contributed by atoms with Gasteiger partial charge in [-0.15, -0.1) is 0 Å². The van der Waals surface area contributed by atoms with Crippen molar-refractivity contribution in [2.24, 2.45) is 0 Å². The summed E-state index contributed by atoms with van der Waals surface area (Å²) in [5.41, 5.74) is -0.782. The fraction of sp³-hybridized carbons (Fsp3) is 0.800.